The molecule has 11 aromatic rings. The third-order valence-electron chi connectivity index (χ3n) is 11.1. The molecule has 0 saturated heterocycles. The van der Waals surface area contributed by atoms with E-state index in [1.165, 1.54) is 32.3 Å². The zero-order valence-corrected chi connectivity index (χ0v) is 30.9. The summed E-state index contributed by atoms with van der Waals surface area (Å²) in [6, 6.07) is 72.8. The second-order valence-corrected chi connectivity index (χ2v) is 14.4. The monoisotopic (exact) mass is 726 g/mol. The Bertz CT molecular complexity index is 3310. The number of rotatable bonds is 6. The summed E-state index contributed by atoms with van der Waals surface area (Å²) in [6.07, 6.45) is 0. The molecule has 1 aromatic heterocycles. The molecule has 0 aliphatic carbocycles. The summed E-state index contributed by atoms with van der Waals surface area (Å²) in [5, 5.41) is 11.8. The van der Waals surface area contributed by atoms with Crippen molar-refractivity contribution in [3.05, 3.63) is 206 Å². The first-order valence-corrected chi connectivity index (χ1v) is 19.3. The predicted molar refractivity (Wildman–Crippen MR) is 238 cm³/mol. The normalized spacial score (nSPS) is 11.5. The van der Waals surface area contributed by atoms with Crippen LogP contribution in [-0.4, -0.2) is 15.0 Å². The zero-order valence-electron chi connectivity index (χ0n) is 30.9. The molecule has 4 nitrogen and oxygen atoms in total. The van der Waals surface area contributed by atoms with Crippen LogP contribution < -0.4 is 4.90 Å². The van der Waals surface area contributed by atoms with Crippen molar-refractivity contribution in [1.82, 2.24) is 15.0 Å². The van der Waals surface area contributed by atoms with Gasteiger partial charge in [-0.2, -0.15) is 0 Å². The van der Waals surface area contributed by atoms with Gasteiger partial charge in [-0.1, -0.05) is 170 Å². The maximum atomic E-state index is 5.39. The highest BCUT2D eigenvalue weighted by molar-refractivity contribution is 6.19. The van der Waals surface area contributed by atoms with Crippen LogP contribution in [-0.2, 0) is 0 Å². The Morgan fingerprint density at radius 3 is 1.65 bits per heavy atom. The van der Waals surface area contributed by atoms with Gasteiger partial charge in [0.15, 0.2) is 17.5 Å². The van der Waals surface area contributed by atoms with E-state index >= 15 is 0 Å². The largest absolute Gasteiger partial charge is 0.309 e. The van der Waals surface area contributed by atoms with Crippen LogP contribution in [0.2, 0.25) is 0 Å². The van der Waals surface area contributed by atoms with E-state index in [1.54, 1.807) is 0 Å². The van der Waals surface area contributed by atoms with Gasteiger partial charge in [-0.3, -0.25) is 0 Å². The molecule has 0 N–H and O–H groups in total. The van der Waals surface area contributed by atoms with Gasteiger partial charge in [0.2, 0.25) is 0 Å². The molecule has 0 aliphatic heterocycles. The molecule has 0 unspecified atom stereocenters. The van der Waals surface area contributed by atoms with E-state index in [1.807, 2.05) is 0 Å². The molecular weight excluding hydrogens is 693 g/mol. The molecule has 0 saturated carbocycles. The van der Waals surface area contributed by atoms with Crippen LogP contribution in [0.4, 0.5) is 17.1 Å². The minimum atomic E-state index is 0.601. The lowest BCUT2D eigenvalue weighted by Gasteiger charge is -2.28. The van der Waals surface area contributed by atoms with Crippen LogP contribution in [0, 0.1) is 0 Å². The molecular formula is C53H34N4. The Morgan fingerprint density at radius 2 is 0.789 bits per heavy atom. The molecule has 4 heteroatoms. The standard InChI is InChI=1S/C53H34N4/c1-2-19-40(20-3-1)57(49-27-12-18-36-15-7-9-22-42(36)49)50-26-11-10-23-48(50)53-55-51(39-29-28-35-14-4-5-17-38(35)34-39)54-52(56-53)47-25-13-24-43-45-31-30-37-16-6-8-21-41(37)44(45)32-33-46(43)47/h1-34H. The number of para-hydroxylation sites is 2. The molecule has 0 fully saturated rings. The molecule has 0 aliphatic rings. The maximum Gasteiger partial charge on any atom is 0.166 e. The van der Waals surface area contributed by atoms with Crippen molar-refractivity contribution in [3.8, 4) is 34.2 Å². The summed E-state index contributed by atoms with van der Waals surface area (Å²) in [4.78, 5) is 18.3. The van der Waals surface area contributed by atoms with E-state index in [0.29, 0.717) is 17.5 Å². The summed E-state index contributed by atoms with van der Waals surface area (Å²) < 4.78 is 0. The average Bonchev–Trinajstić information content (AvgIpc) is 3.29. The summed E-state index contributed by atoms with van der Waals surface area (Å²) in [5.74, 6) is 1.85. The zero-order chi connectivity index (χ0) is 37.7. The third-order valence-corrected chi connectivity index (χ3v) is 11.1. The molecule has 0 atom stereocenters. The first-order chi connectivity index (χ1) is 28.3. The van der Waals surface area contributed by atoms with E-state index in [9.17, 15) is 0 Å². The molecule has 0 radical (unpaired) electrons. The van der Waals surface area contributed by atoms with Gasteiger partial charge in [0.25, 0.3) is 0 Å². The second kappa shape index (κ2) is 13.6. The predicted octanol–water partition coefficient (Wildman–Crippen LogP) is 14.1. The molecule has 0 spiro atoms. The Kier molecular flexibility index (Phi) is 7.78. The Labute approximate surface area is 330 Å². The minimum absolute atomic E-state index is 0.601. The summed E-state index contributed by atoms with van der Waals surface area (Å²) >= 11 is 0. The third kappa shape index (κ3) is 5.66. The van der Waals surface area contributed by atoms with Crippen LogP contribution in [0.1, 0.15) is 0 Å². The highest BCUT2D eigenvalue weighted by atomic mass is 15.2. The van der Waals surface area contributed by atoms with Gasteiger partial charge in [-0.25, -0.2) is 15.0 Å². The van der Waals surface area contributed by atoms with E-state index in [2.05, 4.69) is 211 Å². The van der Waals surface area contributed by atoms with Crippen molar-refractivity contribution in [3.63, 3.8) is 0 Å². The minimum Gasteiger partial charge on any atom is -0.309 e. The first kappa shape index (κ1) is 32.7. The SMILES string of the molecule is c1ccc(N(c2ccccc2-c2nc(-c3ccc4ccccc4c3)nc(-c3cccc4c3ccc3c5ccccc5ccc43)n2)c2cccc3ccccc23)cc1. The summed E-state index contributed by atoms with van der Waals surface area (Å²) in [6.45, 7) is 0. The van der Waals surface area contributed by atoms with Crippen molar-refractivity contribution in [2.24, 2.45) is 0 Å². The Morgan fingerprint density at radius 1 is 0.281 bits per heavy atom. The van der Waals surface area contributed by atoms with Crippen molar-refractivity contribution in [2.75, 3.05) is 4.90 Å². The van der Waals surface area contributed by atoms with Gasteiger partial charge in [-0.05, 0) is 84.9 Å². The molecule has 266 valence electrons. The number of nitrogens with zero attached hydrogens (tertiary/aromatic N) is 4. The van der Waals surface area contributed by atoms with Crippen LogP contribution in [0.15, 0.2) is 206 Å². The highest BCUT2D eigenvalue weighted by Crippen LogP contribution is 2.43. The fourth-order valence-electron chi connectivity index (χ4n) is 8.37. The van der Waals surface area contributed by atoms with Crippen molar-refractivity contribution >= 4 is 70.9 Å². The van der Waals surface area contributed by atoms with Crippen LogP contribution in [0.25, 0.3) is 88.0 Å². The van der Waals surface area contributed by atoms with Gasteiger partial charge in [0, 0.05) is 27.8 Å². The molecule has 10 aromatic carbocycles. The van der Waals surface area contributed by atoms with E-state index in [4.69, 9.17) is 15.0 Å². The van der Waals surface area contributed by atoms with Crippen LogP contribution >= 0.6 is 0 Å². The van der Waals surface area contributed by atoms with E-state index in [-0.39, 0.29) is 0 Å². The van der Waals surface area contributed by atoms with Gasteiger partial charge in [0.1, 0.15) is 0 Å². The van der Waals surface area contributed by atoms with Crippen LogP contribution in [0.3, 0.4) is 0 Å². The fraction of sp³-hybridized carbons (Fsp3) is 0. The maximum absolute atomic E-state index is 5.39. The quantitative estimate of drug-likeness (QED) is 0.160. The van der Waals surface area contributed by atoms with Crippen molar-refractivity contribution in [2.45, 2.75) is 0 Å². The van der Waals surface area contributed by atoms with Gasteiger partial charge in [0.05, 0.1) is 11.4 Å². The van der Waals surface area contributed by atoms with Gasteiger partial charge in [-0.15, -0.1) is 0 Å². The fourth-order valence-corrected chi connectivity index (χ4v) is 8.37. The van der Waals surface area contributed by atoms with Crippen molar-refractivity contribution in [1.29, 1.82) is 0 Å². The number of hydrogen-bond donors (Lipinski definition) is 0. The summed E-state index contributed by atoms with van der Waals surface area (Å²) in [7, 11) is 0. The lowest BCUT2D eigenvalue weighted by Crippen LogP contribution is -2.12. The number of benzene rings is 10. The van der Waals surface area contributed by atoms with Crippen molar-refractivity contribution < 1.29 is 0 Å². The number of anilines is 3. The Balaban J connectivity index is 1.17. The molecule has 0 bridgehead atoms. The second-order valence-electron chi connectivity index (χ2n) is 14.4. The smallest absolute Gasteiger partial charge is 0.166 e. The first-order valence-electron chi connectivity index (χ1n) is 19.3. The van der Waals surface area contributed by atoms with E-state index < -0.39 is 0 Å². The average molecular weight is 727 g/mol. The molecule has 11 rings (SSSR count). The van der Waals surface area contributed by atoms with E-state index in [0.717, 1.165) is 55.3 Å². The summed E-state index contributed by atoms with van der Waals surface area (Å²) in [5.41, 5.74) is 5.87. The number of hydrogen-bond acceptors (Lipinski definition) is 4. The topological polar surface area (TPSA) is 41.9 Å². The lowest BCUT2D eigenvalue weighted by atomic mass is 9.95. The van der Waals surface area contributed by atoms with Gasteiger partial charge < -0.3 is 4.90 Å². The van der Waals surface area contributed by atoms with Crippen LogP contribution in [0.5, 0.6) is 0 Å². The Hall–Kier alpha value is -7.69. The molecule has 0 amide bonds. The number of fused-ring (bicyclic) bond motifs is 7. The molecule has 1 heterocycles. The molecule has 57 heavy (non-hydrogen) atoms. The van der Waals surface area contributed by atoms with Gasteiger partial charge >= 0.3 is 0 Å². The lowest BCUT2D eigenvalue weighted by molar-refractivity contribution is 1.07. The number of aromatic nitrogens is 3. The highest BCUT2D eigenvalue weighted by Gasteiger charge is 2.22.